The average molecular weight is 236 g/mol. The second-order valence-corrected chi connectivity index (χ2v) is 4.66. The third-order valence-corrected chi connectivity index (χ3v) is 2.99. The van der Waals surface area contributed by atoms with E-state index in [0.29, 0.717) is 5.92 Å². The molecule has 3 nitrogen and oxygen atoms in total. The van der Waals surface area contributed by atoms with Gasteiger partial charge in [0, 0.05) is 12.2 Å². The predicted octanol–water partition coefficient (Wildman–Crippen LogP) is 3.31. The van der Waals surface area contributed by atoms with E-state index >= 15 is 0 Å². The topological polar surface area (TPSA) is 48.1 Å². The Kier molecular flexibility index (Phi) is 5.98. The van der Waals surface area contributed by atoms with Crippen molar-refractivity contribution >= 4 is 0 Å². The van der Waals surface area contributed by atoms with Crippen molar-refractivity contribution in [3.63, 3.8) is 0 Å². The van der Waals surface area contributed by atoms with Gasteiger partial charge in [0.25, 0.3) is 0 Å². The second-order valence-electron chi connectivity index (χ2n) is 4.66. The Morgan fingerprint density at radius 2 is 2.12 bits per heavy atom. The maximum atomic E-state index is 6.17. The number of nitrogens with two attached hydrogens (primary N) is 1. The van der Waals surface area contributed by atoms with Gasteiger partial charge in [-0.05, 0) is 30.4 Å². The predicted molar refractivity (Wildman–Crippen MR) is 71.0 cm³/mol. The van der Waals surface area contributed by atoms with E-state index in [9.17, 15) is 0 Å². The van der Waals surface area contributed by atoms with Crippen LogP contribution in [-0.2, 0) is 0 Å². The van der Waals surface area contributed by atoms with E-state index < -0.39 is 0 Å². The summed E-state index contributed by atoms with van der Waals surface area (Å²) in [7, 11) is 0. The van der Waals surface area contributed by atoms with Crippen LogP contribution in [0.25, 0.3) is 0 Å². The fourth-order valence-corrected chi connectivity index (χ4v) is 1.67. The van der Waals surface area contributed by atoms with E-state index in [4.69, 9.17) is 10.5 Å². The summed E-state index contributed by atoms with van der Waals surface area (Å²) in [5, 5.41) is 0. The van der Waals surface area contributed by atoms with Gasteiger partial charge in [0.2, 0.25) is 0 Å². The summed E-state index contributed by atoms with van der Waals surface area (Å²) in [6.07, 6.45) is 6.74. The van der Waals surface area contributed by atoms with Crippen LogP contribution in [0.4, 0.5) is 0 Å². The van der Waals surface area contributed by atoms with Crippen LogP contribution in [0.1, 0.15) is 51.6 Å². The fraction of sp³-hybridized carbons (Fsp3) is 0.643. The molecule has 0 aliphatic rings. The van der Waals surface area contributed by atoms with Crippen molar-refractivity contribution in [3.05, 3.63) is 24.0 Å². The van der Waals surface area contributed by atoms with Crippen molar-refractivity contribution in [2.45, 2.75) is 46.1 Å². The van der Waals surface area contributed by atoms with Gasteiger partial charge >= 0.3 is 0 Å². The molecule has 0 fully saturated rings. The van der Waals surface area contributed by atoms with Crippen molar-refractivity contribution < 1.29 is 4.74 Å². The van der Waals surface area contributed by atoms with Crippen LogP contribution < -0.4 is 10.5 Å². The number of rotatable bonds is 7. The van der Waals surface area contributed by atoms with Gasteiger partial charge in [-0.25, -0.2) is 0 Å². The highest BCUT2D eigenvalue weighted by atomic mass is 16.5. The maximum absolute atomic E-state index is 6.17. The molecule has 0 aromatic carbocycles. The molecule has 0 saturated carbocycles. The Hall–Kier alpha value is -1.09. The van der Waals surface area contributed by atoms with Crippen molar-refractivity contribution in [1.29, 1.82) is 0 Å². The van der Waals surface area contributed by atoms with Crippen LogP contribution in [0.15, 0.2) is 18.5 Å². The van der Waals surface area contributed by atoms with E-state index in [1.165, 1.54) is 0 Å². The standard InChI is InChI=1S/C14H24N2O/c1-4-6-17-13-8-12(9-16-10-13)14(15)7-11(3)5-2/h8-11,14H,4-7,15H2,1-3H3. The van der Waals surface area contributed by atoms with E-state index in [-0.39, 0.29) is 6.04 Å². The summed E-state index contributed by atoms with van der Waals surface area (Å²) < 4.78 is 5.56. The Labute approximate surface area is 104 Å². The fourth-order valence-electron chi connectivity index (χ4n) is 1.67. The van der Waals surface area contributed by atoms with Gasteiger partial charge in [-0.2, -0.15) is 0 Å². The molecule has 2 N–H and O–H groups in total. The SMILES string of the molecule is CCCOc1cncc(C(N)CC(C)CC)c1. The minimum Gasteiger partial charge on any atom is -0.492 e. The monoisotopic (exact) mass is 236 g/mol. The number of aromatic nitrogens is 1. The second kappa shape index (κ2) is 7.28. The summed E-state index contributed by atoms with van der Waals surface area (Å²) in [6, 6.07) is 2.07. The molecule has 0 aliphatic carbocycles. The zero-order chi connectivity index (χ0) is 12.7. The van der Waals surface area contributed by atoms with Gasteiger partial charge in [0.1, 0.15) is 5.75 Å². The van der Waals surface area contributed by atoms with Crippen molar-refractivity contribution in [1.82, 2.24) is 4.98 Å². The normalized spacial score (nSPS) is 14.4. The molecule has 2 unspecified atom stereocenters. The molecule has 0 bridgehead atoms. The molecular weight excluding hydrogens is 212 g/mol. The number of pyridine rings is 1. The molecule has 0 amide bonds. The van der Waals surface area contributed by atoms with Gasteiger partial charge in [-0.15, -0.1) is 0 Å². The molecule has 1 aromatic heterocycles. The summed E-state index contributed by atoms with van der Waals surface area (Å²) in [4.78, 5) is 4.19. The molecule has 1 heterocycles. The molecule has 1 rings (SSSR count). The molecule has 17 heavy (non-hydrogen) atoms. The number of hydrogen-bond acceptors (Lipinski definition) is 3. The molecule has 2 atom stereocenters. The van der Waals surface area contributed by atoms with Gasteiger partial charge < -0.3 is 10.5 Å². The third kappa shape index (κ3) is 4.73. The van der Waals surface area contributed by atoms with Crippen molar-refractivity contribution in [3.8, 4) is 5.75 Å². The molecule has 0 radical (unpaired) electrons. The quantitative estimate of drug-likeness (QED) is 0.790. The smallest absolute Gasteiger partial charge is 0.137 e. The zero-order valence-corrected chi connectivity index (χ0v) is 11.1. The lowest BCUT2D eigenvalue weighted by Gasteiger charge is -2.16. The van der Waals surface area contributed by atoms with E-state index in [1.54, 1.807) is 6.20 Å². The lowest BCUT2D eigenvalue weighted by Crippen LogP contribution is -2.14. The largest absolute Gasteiger partial charge is 0.492 e. The minimum absolute atomic E-state index is 0.0580. The Bertz CT molecular complexity index is 328. The molecule has 3 heteroatoms. The first kappa shape index (κ1) is 14.0. The lowest BCUT2D eigenvalue weighted by molar-refractivity contribution is 0.315. The average Bonchev–Trinajstić information content (AvgIpc) is 2.36. The van der Waals surface area contributed by atoms with Crippen molar-refractivity contribution in [2.75, 3.05) is 6.61 Å². The highest BCUT2D eigenvalue weighted by Gasteiger charge is 2.11. The van der Waals surface area contributed by atoms with Crippen LogP contribution in [0.2, 0.25) is 0 Å². The van der Waals surface area contributed by atoms with Gasteiger partial charge in [0.05, 0.1) is 12.8 Å². The number of nitrogens with zero attached hydrogens (tertiary/aromatic N) is 1. The maximum Gasteiger partial charge on any atom is 0.137 e. The molecular formula is C14H24N2O. The molecule has 0 aliphatic heterocycles. The first-order valence-electron chi connectivity index (χ1n) is 6.50. The molecule has 96 valence electrons. The molecule has 1 aromatic rings. The summed E-state index contributed by atoms with van der Waals surface area (Å²) in [5.41, 5.74) is 7.24. The van der Waals surface area contributed by atoms with Gasteiger partial charge in [-0.3, -0.25) is 4.98 Å². The van der Waals surface area contributed by atoms with E-state index in [1.807, 2.05) is 12.3 Å². The van der Waals surface area contributed by atoms with Crippen LogP contribution in [0.3, 0.4) is 0 Å². The lowest BCUT2D eigenvalue weighted by atomic mass is 9.96. The summed E-state index contributed by atoms with van der Waals surface area (Å²) in [5.74, 6) is 1.47. The zero-order valence-electron chi connectivity index (χ0n) is 11.1. The van der Waals surface area contributed by atoms with E-state index in [2.05, 4.69) is 25.8 Å². The van der Waals surface area contributed by atoms with Gasteiger partial charge in [0.15, 0.2) is 0 Å². The number of ether oxygens (including phenoxy) is 1. The Balaban J connectivity index is 2.63. The van der Waals surface area contributed by atoms with Crippen LogP contribution in [-0.4, -0.2) is 11.6 Å². The molecule has 0 spiro atoms. The van der Waals surface area contributed by atoms with Crippen LogP contribution >= 0.6 is 0 Å². The van der Waals surface area contributed by atoms with Gasteiger partial charge in [-0.1, -0.05) is 27.2 Å². The molecule has 0 saturated heterocycles. The Morgan fingerprint density at radius 3 is 2.76 bits per heavy atom. The first-order chi connectivity index (χ1) is 8.17. The summed E-state index contributed by atoms with van der Waals surface area (Å²) in [6.45, 7) is 7.23. The first-order valence-corrected chi connectivity index (χ1v) is 6.50. The highest BCUT2D eigenvalue weighted by molar-refractivity contribution is 5.25. The number of hydrogen-bond donors (Lipinski definition) is 1. The minimum atomic E-state index is 0.0580. The van der Waals surface area contributed by atoms with Crippen molar-refractivity contribution in [2.24, 2.45) is 11.7 Å². The Morgan fingerprint density at radius 1 is 1.35 bits per heavy atom. The highest BCUT2D eigenvalue weighted by Crippen LogP contribution is 2.22. The van der Waals surface area contributed by atoms with E-state index in [0.717, 1.165) is 37.2 Å². The summed E-state index contributed by atoms with van der Waals surface area (Å²) >= 11 is 0. The van der Waals surface area contributed by atoms with Crippen LogP contribution in [0, 0.1) is 5.92 Å². The van der Waals surface area contributed by atoms with Crippen LogP contribution in [0.5, 0.6) is 5.75 Å². The third-order valence-electron chi connectivity index (χ3n) is 2.99.